The fourth-order valence-electron chi connectivity index (χ4n) is 4.79. The van der Waals surface area contributed by atoms with E-state index < -0.39 is 12.3 Å². The van der Waals surface area contributed by atoms with Crippen LogP contribution in [0, 0.1) is 6.92 Å². The van der Waals surface area contributed by atoms with Crippen LogP contribution < -0.4 is 14.8 Å². The second kappa shape index (κ2) is 13.4. The molecular formula is C31H31F3N2O6. The summed E-state index contributed by atoms with van der Waals surface area (Å²) in [4.78, 5) is 38.7. The van der Waals surface area contributed by atoms with E-state index in [0.29, 0.717) is 54.1 Å². The molecule has 0 spiro atoms. The Kier molecular flexibility index (Phi) is 9.72. The van der Waals surface area contributed by atoms with Crippen molar-refractivity contribution in [3.63, 3.8) is 0 Å². The molecule has 3 aromatic rings. The summed E-state index contributed by atoms with van der Waals surface area (Å²) in [5, 5.41) is 2.88. The molecule has 0 bridgehead atoms. The van der Waals surface area contributed by atoms with Gasteiger partial charge in [0, 0.05) is 49.7 Å². The average Bonchev–Trinajstić information content (AvgIpc) is 2.96. The molecule has 8 nitrogen and oxygen atoms in total. The Labute approximate surface area is 241 Å². The third kappa shape index (κ3) is 8.25. The summed E-state index contributed by atoms with van der Waals surface area (Å²) in [6.45, 7) is 2.85. The van der Waals surface area contributed by atoms with Gasteiger partial charge in [0.15, 0.2) is 0 Å². The van der Waals surface area contributed by atoms with Crippen LogP contribution in [0.25, 0.3) is 11.1 Å². The molecule has 3 aromatic carbocycles. The highest BCUT2D eigenvalue weighted by molar-refractivity contribution is 6.09. The smallest absolute Gasteiger partial charge is 0.490 e. The number of carbonyl (C=O) groups is 3. The van der Waals surface area contributed by atoms with Gasteiger partial charge in [-0.25, -0.2) is 0 Å². The van der Waals surface area contributed by atoms with E-state index in [0.717, 1.165) is 5.56 Å². The Bertz CT molecular complexity index is 1420. The van der Waals surface area contributed by atoms with Crippen LogP contribution in [0.4, 0.5) is 18.9 Å². The summed E-state index contributed by atoms with van der Waals surface area (Å²) in [6.07, 6.45) is -3.50. The number of alkyl halides is 3. The number of methoxy groups -OCH3 is 1. The maximum absolute atomic E-state index is 13.3. The number of ether oxygens (including phenoxy) is 3. The molecule has 1 fully saturated rings. The summed E-state index contributed by atoms with van der Waals surface area (Å²) < 4.78 is 52.3. The number of hydrogen-bond donors (Lipinski definition) is 1. The number of nitrogens with one attached hydrogen (secondary N) is 1. The lowest BCUT2D eigenvalue weighted by Gasteiger charge is -2.32. The highest BCUT2D eigenvalue weighted by atomic mass is 19.4. The molecule has 1 aliphatic heterocycles. The van der Waals surface area contributed by atoms with Crippen molar-refractivity contribution in [2.24, 2.45) is 0 Å². The van der Waals surface area contributed by atoms with Crippen LogP contribution in [-0.2, 0) is 14.3 Å². The van der Waals surface area contributed by atoms with Crippen molar-refractivity contribution in [2.45, 2.75) is 45.1 Å². The number of carbonyl (C=O) groups excluding carboxylic acids is 3. The maximum Gasteiger partial charge on any atom is 0.573 e. The zero-order valence-electron chi connectivity index (χ0n) is 23.2. The fraction of sp³-hybridized carbons (Fsp3) is 0.323. The molecule has 0 unspecified atom stereocenters. The molecule has 1 N–H and O–H groups in total. The van der Waals surface area contributed by atoms with Crippen LogP contribution >= 0.6 is 0 Å². The summed E-state index contributed by atoms with van der Waals surface area (Å²) in [7, 11) is 1.29. The first-order valence-electron chi connectivity index (χ1n) is 13.4. The number of hydrogen-bond acceptors (Lipinski definition) is 6. The van der Waals surface area contributed by atoms with Crippen LogP contribution in [0.3, 0.4) is 0 Å². The van der Waals surface area contributed by atoms with Crippen LogP contribution in [0.1, 0.15) is 41.6 Å². The largest absolute Gasteiger partial charge is 0.573 e. The fourth-order valence-corrected chi connectivity index (χ4v) is 4.79. The van der Waals surface area contributed by atoms with E-state index in [4.69, 9.17) is 4.74 Å². The van der Waals surface area contributed by atoms with Gasteiger partial charge >= 0.3 is 12.3 Å². The number of aryl methyl sites for hydroxylation is 1. The zero-order valence-corrected chi connectivity index (χ0v) is 23.2. The second-order valence-corrected chi connectivity index (χ2v) is 9.83. The summed E-state index contributed by atoms with van der Waals surface area (Å²) in [5.41, 5.74) is 2.80. The van der Waals surface area contributed by atoms with Gasteiger partial charge in [-0.15, -0.1) is 13.2 Å². The van der Waals surface area contributed by atoms with E-state index in [-0.39, 0.29) is 36.5 Å². The highest BCUT2D eigenvalue weighted by Crippen LogP contribution is 2.32. The van der Waals surface area contributed by atoms with E-state index >= 15 is 0 Å². The van der Waals surface area contributed by atoms with Crippen molar-refractivity contribution in [3.8, 4) is 22.6 Å². The SMILES string of the molecule is COC(=O)CCC(=O)N1CCC(Oc2cccc(NC(=O)c3cccc(C)c3-c3ccc(OC(F)(F)F)cc3)c2)CC1. The summed E-state index contributed by atoms with van der Waals surface area (Å²) in [5.74, 6) is -0.683. The summed E-state index contributed by atoms with van der Waals surface area (Å²) in [6, 6.07) is 17.6. The van der Waals surface area contributed by atoms with Gasteiger partial charge in [-0.1, -0.05) is 30.3 Å². The third-order valence-corrected chi connectivity index (χ3v) is 6.85. The zero-order chi connectivity index (χ0) is 30.3. The maximum atomic E-state index is 13.3. The number of rotatable bonds is 9. The molecule has 0 aromatic heterocycles. The molecule has 0 radical (unpaired) electrons. The van der Waals surface area contributed by atoms with Gasteiger partial charge < -0.3 is 24.4 Å². The molecule has 4 rings (SSSR count). The highest BCUT2D eigenvalue weighted by Gasteiger charge is 2.31. The molecular weight excluding hydrogens is 553 g/mol. The van der Waals surface area contributed by atoms with E-state index in [1.165, 1.54) is 31.4 Å². The molecule has 42 heavy (non-hydrogen) atoms. The number of halogens is 3. The minimum absolute atomic E-state index is 0.0531. The predicted molar refractivity (Wildman–Crippen MR) is 149 cm³/mol. The Hall–Kier alpha value is -4.54. The van der Waals surface area contributed by atoms with Gasteiger partial charge in [-0.05, 0) is 53.9 Å². The van der Waals surface area contributed by atoms with E-state index in [2.05, 4.69) is 14.8 Å². The quantitative estimate of drug-likeness (QED) is 0.304. The molecule has 222 valence electrons. The molecule has 1 saturated heterocycles. The minimum Gasteiger partial charge on any atom is -0.490 e. The molecule has 0 saturated carbocycles. The average molecular weight is 585 g/mol. The summed E-state index contributed by atoms with van der Waals surface area (Å²) >= 11 is 0. The van der Waals surface area contributed by atoms with Gasteiger partial charge in [-0.3, -0.25) is 14.4 Å². The predicted octanol–water partition coefficient (Wildman–Crippen LogP) is 6.14. The molecule has 1 aliphatic rings. The van der Waals surface area contributed by atoms with Crippen molar-refractivity contribution < 1.29 is 41.8 Å². The number of piperidine rings is 1. The topological polar surface area (TPSA) is 94.2 Å². The van der Waals surface area contributed by atoms with E-state index in [1.807, 2.05) is 13.0 Å². The number of nitrogens with zero attached hydrogens (tertiary/aromatic N) is 1. The molecule has 0 atom stereocenters. The van der Waals surface area contributed by atoms with Crippen molar-refractivity contribution >= 4 is 23.5 Å². The van der Waals surface area contributed by atoms with Gasteiger partial charge in [0.05, 0.1) is 13.5 Å². The lowest BCUT2D eigenvalue weighted by molar-refractivity contribution is -0.274. The molecule has 0 aliphatic carbocycles. The second-order valence-electron chi connectivity index (χ2n) is 9.83. The number of esters is 1. The minimum atomic E-state index is -4.80. The van der Waals surface area contributed by atoms with Crippen LogP contribution in [-0.4, -0.2) is 55.3 Å². The van der Waals surface area contributed by atoms with Crippen molar-refractivity contribution in [1.82, 2.24) is 4.90 Å². The normalized spacial score (nSPS) is 13.8. The Balaban J connectivity index is 1.39. The van der Waals surface area contributed by atoms with Gasteiger partial charge in [0.1, 0.15) is 17.6 Å². The standard InChI is InChI=1S/C31H31F3N2O6/c1-20-5-3-8-26(29(20)21-9-11-24(12-10-21)42-31(32,33)34)30(39)35-22-6-4-7-25(19-22)41-23-15-17-36(18-16-23)27(37)13-14-28(38)40-2/h3-12,19,23H,13-18H2,1-2H3,(H,35,39). The van der Waals surface area contributed by atoms with Gasteiger partial charge in [0.2, 0.25) is 5.91 Å². The molecule has 1 heterocycles. The number of likely N-dealkylation sites (tertiary alicyclic amines) is 1. The lowest BCUT2D eigenvalue weighted by atomic mass is 9.94. The molecule has 2 amide bonds. The van der Waals surface area contributed by atoms with Gasteiger partial charge in [-0.2, -0.15) is 0 Å². The number of amides is 2. The monoisotopic (exact) mass is 584 g/mol. The molecule has 11 heteroatoms. The Morgan fingerprint density at radius 3 is 2.29 bits per heavy atom. The van der Waals surface area contributed by atoms with Crippen LogP contribution in [0.5, 0.6) is 11.5 Å². The van der Waals surface area contributed by atoms with Gasteiger partial charge in [0.25, 0.3) is 5.91 Å². The Morgan fingerprint density at radius 1 is 0.929 bits per heavy atom. The van der Waals surface area contributed by atoms with Crippen molar-refractivity contribution in [3.05, 3.63) is 77.9 Å². The van der Waals surface area contributed by atoms with Crippen LogP contribution in [0.15, 0.2) is 66.7 Å². The number of benzene rings is 3. The Morgan fingerprint density at radius 2 is 1.62 bits per heavy atom. The van der Waals surface area contributed by atoms with Crippen LogP contribution in [0.2, 0.25) is 0 Å². The number of anilines is 1. The third-order valence-electron chi connectivity index (χ3n) is 6.85. The van der Waals surface area contributed by atoms with Crippen molar-refractivity contribution in [1.29, 1.82) is 0 Å². The van der Waals surface area contributed by atoms with Crippen molar-refractivity contribution in [2.75, 3.05) is 25.5 Å². The first kappa shape index (κ1) is 30.4. The first-order chi connectivity index (χ1) is 20.0. The lowest BCUT2D eigenvalue weighted by Crippen LogP contribution is -2.41. The first-order valence-corrected chi connectivity index (χ1v) is 13.4. The van der Waals surface area contributed by atoms with E-state index in [9.17, 15) is 27.6 Å². The van der Waals surface area contributed by atoms with E-state index in [1.54, 1.807) is 41.3 Å².